The van der Waals surface area contributed by atoms with Gasteiger partial charge in [-0.05, 0) is 13.3 Å². The summed E-state index contributed by atoms with van der Waals surface area (Å²) in [6.07, 6.45) is 2.44. The lowest BCUT2D eigenvalue weighted by Crippen LogP contribution is -2.21. The molecule has 1 N–H and O–H groups in total. The summed E-state index contributed by atoms with van der Waals surface area (Å²) >= 11 is 1.18. The fourth-order valence-corrected chi connectivity index (χ4v) is 2.27. The Morgan fingerprint density at radius 2 is 2.16 bits per heavy atom. The van der Waals surface area contributed by atoms with Crippen LogP contribution >= 0.6 is 11.8 Å². The lowest BCUT2D eigenvalue weighted by atomic mass is 10.3. The van der Waals surface area contributed by atoms with Crippen molar-refractivity contribution in [2.24, 2.45) is 0 Å². The van der Waals surface area contributed by atoms with Crippen LogP contribution in [0, 0.1) is 0 Å². The molecular formula is C14H22N8O2S. The molecule has 1 atom stereocenters. The first-order chi connectivity index (χ1) is 11.9. The van der Waals surface area contributed by atoms with Crippen LogP contribution in [0.15, 0.2) is 11.5 Å². The summed E-state index contributed by atoms with van der Waals surface area (Å²) in [7, 11) is 5.05. The Morgan fingerprint density at radius 1 is 1.40 bits per heavy atom. The van der Waals surface area contributed by atoms with Crippen molar-refractivity contribution < 1.29 is 9.53 Å². The van der Waals surface area contributed by atoms with Gasteiger partial charge in [-0.25, -0.2) is 4.98 Å². The van der Waals surface area contributed by atoms with Crippen molar-refractivity contribution in [2.75, 3.05) is 37.2 Å². The highest BCUT2D eigenvalue weighted by Gasteiger charge is 2.13. The number of methoxy groups -OCH3 is 1. The fourth-order valence-electron chi connectivity index (χ4n) is 1.64. The Labute approximate surface area is 150 Å². The molecule has 136 valence electrons. The molecule has 2 rings (SSSR count). The molecule has 2 aromatic heterocycles. The van der Waals surface area contributed by atoms with Gasteiger partial charge in [-0.15, -0.1) is 5.10 Å². The van der Waals surface area contributed by atoms with Gasteiger partial charge in [-0.3, -0.25) is 4.79 Å². The number of aromatic nitrogens is 6. The van der Waals surface area contributed by atoms with E-state index in [1.165, 1.54) is 29.9 Å². The van der Waals surface area contributed by atoms with Crippen molar-refractivity contribution in [1.82, 2.24) is 29.7 Å². The van der Waals surface area contributed by atoms with Crippen molar-refractivity contribution in [2.45, 2.75) is 31.5 Å². The second-order valence-electron chi connectivity index (χ2n) is 5.44. The molecule has 0 saturated heterocycles. The predicted molar refractivity (Wildman–Crippen MR) is 95.2 cm³/mol. The fraction of sp³-hybridized carbons (Fsp3) is 0.571. The van der Waals surface area contributed by atoms with Crippen LogP contribution in [-0.4, -0.2) is 68.7 Å². The van der Waals surface area contributed by atoms with Crippen molar-refractivity contribution >= 4 is 29.6 Å². The summed E-state index contributed by atoms with van der Waals surface area (Å²) in [6.45, 7) is 4.13. The van der Waals surface area contributed by atoms with Crippen molar-refractivity contribution in [3.8, 4) is 5.95 Å². The average Bonchev–Trinajstić information content (AvgIpc) is 3.08. The van der Waals surface area contributed by atoms with Crippen molar-refractivity contribution in [3.63, 3.8) is 0 Å². The number of carbonyl (C=O) groups is 1. The summed E-state index contributed by atoms with van der Waals surface area (Å²) in [5, 5.41) is 7.96. The van der Waals surface area contributed by atoms with E-state index < -0.39 is 0 Å². The van der Waals surface area contributed by atoms with Crippen molar-refractivity contribution in [1.29, 1.82) is 0 Å². The van der Waals surface area contributed by atoms with Crippen LogP contribution in [-0.2, 0) is 9.53 Å². The topological polar surface area (TPSA) is 111 Å². The highest BCUT2D eigenvalue weighted by Crippen LogP contribution is 2.15. The Kier molecular flexibility index (Phi) is 6.51. The molecule has 0 radical (unpaired) electrons. The average molecular weight is 366 g/mol. The minimum atomic E-state index is -0.337. The molecule has 25 heavy (non-hydrogen) atoms. The molecule has 1 unspecified atom stereocenters. The monoisotopic (exact) mass is 366 g/mol. The maximum Gasteiger partial charge on any atom is 0.316 e. The van der Waals surface area contributed by atoms with Crippen LogP contribution < -0.4 is 10.2 Å². The molecule has 10 nitrogen and oxygen atoms in total. The zero-order valence-electron chi connectivity index (χ0n) is 14.9. The van der Waals surface area contributed by atoms with Crippen LogP contribution in [0.1, 0.15) is 20.3 Å². The van der Waals surface area contributed by atoms with Gasteiger partial charge < -0.3 is 15.0 Å². The first-order valence-electron chi connectivity index (χ1n) is 7.74. The lowest BCUT2D eigenvalue weighted by Gasteiger charge is -2.15. The molecule has 0 aromatic carbocycles. The minimum Gasteiger partial charge on any atom is -0.468 e. The van der Waals surface area contributed by atoms with Gasteiger partial charge in [0.2, 0.25) is 17.1 Å². The van der Waals surface area contributed by atoms with Gasteiger partial charge in [0, 0.05) is 20.1 Å². The van der Waals surface area contributed by atoms with Gasteiger partial charge in [0.15, 0.2) is 0 Å². The summed E-state index contributed by atoms with van der Waals surface area (Å²) in [4.78, 5) is 30.3. The van der Waals surface area contributed by atoms with E-state index in [1.807, 2.05) is 14.1 Å². The van der Waals surface area contributed by atoms with Gasteiger partial charge in [-0.1, -0.05) is 18.7 Å². The molecule has 0 bridgehead atoms. The van der Waals surface area contributed by atoms with E-state index in [0.29, 0.717) is 23.0 Å². The number of esters is 1. The molecular weight excluding hydrogens is 344 g/mol. The van der Waals surface area contributed by atoms with E-state index in [1.54, 1.807) is 4.90 Å². The number of hydrogen-bond acceptors (Lipinski definition) is 10. The standard InChI is InChI=1S/C14H22N8O2S/c1-6-9(2)16-11-17-12(21(3)4)19-13(18-11)22-8-15-14(20-22)25-7-10(23)24-5/h8-9H,6-7H2,1-5H3,(H,16,17,18,19). The molecule has 0 aliphatic rings. The van der Waals surface area contributed by atoms with Gasteiger partial charge in [0.1, 0.15) is 6.33 Å². The lowest BCUT2D eigenvalue weighted by molar-refractivity contribution is -0.137. The summed E-state index contributed by atoms with van der Waals surface area (Å²) < 4.78 is 6.05. The molecule has 0 aliphatic heterocycles. The second-order valence-corrected chi connectivity index (χ2v) is 6.39. The van der Waals surface area contributed by atoms with E-state index in [0.717, 1.165) is 6.42 Å². The third-order valence-corrected chi connectivity index (χ3v) is 4.05. The molecule has 11 heteroatoms. The molecule has 0 fully saturated rings. The smallest absolute Gasteiger partial charge is 0.316 e. The maximum absolute atomic E-state index is 11.2. The normalized spacial score (nSPS) is 11.9. The van der Waals surface area contributed by atoms with Gasteiger partial charge in [0.05, 0.1) is 12.9 Å². The van der Waals surface area contributed by atoms with Crippen LogP contribution in [0.2, 0.25) is 0 Å². The predicted octanol–water partition coefficient (Wildman–Crippen LogP) is 0.994. The number of anilines is 2. The Bertz CT molecular complexity index is 721. The number of nitrogens with one attached hydrogen (secondary N) is 1. The second kappa shape index (κ2) is 8.60. The van der Waals surface area contributed by atoms with Crippen LogP contribution in [0.3, 0.4) is 0 Å². The molecule has 0 amide bonds. The zero-order chi connectivity index (χ0) is 18.4. The number of nitrogens with zero attached hydrogens (tertiary/aromatic N) is 7. The van der Waals surface area contributed by atoms with Gasteiger partial charge >= 0.3 is 5.97 Å². The highest BCUT2D eigenvalue weighted by molar-refractivity contribution is 7.99. The maximum atomic E-state index is 11.2. The van der Waals surface area contributed by atoms with Crippen molar-refractivity contribution in [3.05, 3.63) is 6.33 Å². The van der Waals surface area contributed by atoms with Crippen LogP contribution in [0.25, 0.3) is 5.95 Å². The number of carbonyl (C=O) groups excluding carboxylic acids is 1. The van der Waals surface area contributed by atoms with E-state index in [4.69, 9.17) is 0 Å². The van der Waals surface area contributed by atoms with E-state index in [9.17, 15) is 4.79 Å². The zero-order valence-corrected chi connectivity index (χ0v) is 15.7. The van der Waals surface area contributed by atoms with E-state index >= 15 is 0 Å². The highest BCUT2D eigenvalue weighted by atomic mass is 32.2. The summed E-state index contributed by atoms with van der Waals surface area (Å²) in [5.41, 5.74) is 0. The number of ether oxygens (including phenoxy) is 1. The number of hydrogen-bond donors (Lipinski definition) is 1. The Morgan fingerprint density at radius 3 is 2.80 bits per heavy atom. The molecule has 0 aliphatic carbocycles. The number of rotatable bonds is 8. The van der Waals surface area contributed by atoms with Gasteiger partial charge in [-0.2, -0.15) is 19.6 Å². The molecule has 0 saturated carbocycles. The minimum absolute atomic E-state index is 0.140. The Balaban J connectivity index is 2.25. The van der Waals surface area contributed by atoms with Crippen LogP contribution in [0.4, 0.5) is 11.9 Å². The summed E-state index contributed by atoms with van der Waals surface area (Å²) in [5.74, 6) is 1.14. The van der Waals surface area contributed by atoms with Gasteiger partial charge in [0.25, 0.3) is 5.95 Å². The third kappa shape index (κ3) is 5.28. The van der Waals surface area contributed by atoms with Crippen LogP contribution in [0.5, 0.6) is 0 Å². The number of thioether (sulfide) groups is 1. The van der Waals surface area contributed by atoms with E-state index in [-0.39, 0.29) is 17.8 Å². The third-order valence-electron chi connectivity index (χ3n) is 3.22. The SMILES string of the molecule is CCC(C)Nc1nc(N(C)C)nc(-n2cnc(SCC(=O)OC)n2)n1. The van der Waals surface area contributed by atoms with E-state index in [2.05, 4.69) is 48.9 Å². The molecule has 0 spiro atoms. The Hall–Kier alpha value is -2.43. The largest absolute Gasteiger partial charge is 0.468 e. The first-order valence-corrected chi connectivity index (χ1v) is 8.73. The first kappa shape index (κ1) is 18.9. The molecule has 2 heterocycles. The molecule has 2 aromatic rings. The quantitative estimate of drug-likeness (QED) is 0.536. The summed E-state index contributed by atoms with van der Waals surface area (Å²) in [6, 6.07) is 0.229.